The summed E-state index contributed by atoms with van der Waals surface area (Å²) in [7, 11) is 0. The van der Waals surface area contributed by atoms with Gasteiger partial charge in [0.2, 0.25) is 5.91 Å². The standard InChI is InChI=1S/C7H11Br2NO/c8-5-6(9)7(11)10-3-1-2-4-10/h6H,1-5H2. The first-order valence-corrected chi connectivity index (χ1v) is 5.78. The van der Waals surface area contributed by atoms with Gasteiger partial charge in [0.1, 0.15) is 4.83 Å². The van der Waals surface area contributed by atoms with Crippen molar-refractivity contribution in [3.05, 3.63) is 0 Å². The Hall–Kier alpha value is 0.430. The number of rotatable bonds is 2. The van der Waals surface area contributed by atoms with Crippen LogP contribution >= 0.6 is 31.9 Å². The average molecular weight is 285 g/mol. The van der Waals surface area contributed by atoms with Crippen molar-refractivity contribution >= 4 is 37.8 Å². The Balaban J connectivity index is 2.39. The summed E-state index contributed by atoms with van der Waals surface area (Å²) in [6.45, 7) is 1.88. The van der Waals surface area contributed by atoms with Crippen LogP contribution in [-0.2, 0) is 4.79 Å². The van der Waals surface area contributed by atoms with Crippen molar-refractivity contribution in [3.8, 4) is 0 Å². The van der Waals surface area contributed by atoms with Crippen molar-refractivity contribution in [1.29, 1.82) is 0 Å². The number of hydrogen-bond acceptors (Lipinski definition) is 1. The zero-order chi connectivity index (χ0) is 8.27. The summed E-state index contributed by atoms with van der Waals surface area (Å²) in [5, 5.41) is 0.697. The van der Waals surface area contributed by atoms with Crippen molar-refractivity contribution in [2.24, 2.45) is 0 Å². The van der Waals surface area contributed by atoms with Crippen molar-refractivity contribution in [3.63, 3.8) is 0 Å². The van der Waals surface area contributed by atoms with Crippen LogP contribution in [0.2, 0.25) is 0 Å². The molecule has 4 heteroatoms. The van der Waals surface area contributed by atoms with Crippen LogP contribution in [0.25, 0.3) is 0 Å². The molecule has 2 nitrogen and oxygen atoms in total. The number of halogens is 2. The molecule has 0 aromatic heterocycles. The normalized spacial score (nSPS) is 20.4. The minimum atomic E-state index is -0.0411. The fourth-order valence-electron chi connectivity index (χ4n) is 1.20. The largest absolute Gasteiger partial charge is 0.342 e. The second kappa shape index (κ2) is 4.45. The van der Waals surface area contributed by atoms with Crippen LogP contribution in [0, 0.1) is 0 Å². The number of alkyl halides is 2. The maximum absolute atomic E-state index is 11.4. The van der Waals surface area contributed by atoms with Crippen LogP contribution in [0.3, 0.4) is 0 Å². The fourth-order valence-corrected chi connectivity index (χ4v) is 1.77. The van der Waals surface area contributed by atoms with Crippen molar-refractivity contribution < 1.29 is 4.79 Å². The molecule has 0 radical (unpaired) electrons. The molecule has 0 N–H and O–H groups in total. The number of nitrogens with zero attached hydrogens (tertiary/aromatic N) is 1. The van der Waals surface area contributed by atoms with Gasteiger partial charge in [-0.3, -0.25) is 4.79 Å². The van der Waals surface area contributed by atoms with Crippen molar-refractivity contribution in [2.75, 3.05) is 18.4 Å². The molecule has 0 saturated carbocycles. The topological polar surface area (TPSA) is 20.3 Å². The Kier molecular flexibility index (Phi) is 3.85. The van der Waals surface area contributed by atoms with E-state index in [0.717, 1.165) is 25.9 Å². The SMILES string of the molecule is O=C(C(Br)CBr)N1CCCC1. The highest BCUT2D eigenvalue weighted by atomic mass is 79.9. The smallest absolute Gasteiger partial charge is 0.237 e. The van der Waals surface area contributed by atoms with Crippen molar-refractivity contribution in [2.45, 2.75) is 17.7 Å². The maximum Gasteiger partial charge on any atom is 0.237 e. The summed E-state index contributed by atoms with van der Waals surface area (Å²) in [5.41, 5.74) is 0. The lowest BCUT2D eigenvalue weighted by molar-refractivity contribution is -0.128. The summed E-state index contributed by atoms with van der Waals surface area (Å²) in [6.07, 6.45) is 2.32. The van der Waals surface area contributed by atoms with Gasteiger partial charge in [0.15, 0.2) is 0 Å². The third-order valence-corrected chi connectivity index (χ3v) is 4.05. The Morgan fingerprint density at radius 2 is 2.00 bits per heavy atom. The highest BCUT2D eigenvalue weighted by Gasteiger charge is 2.23. The summed E-state index contributed by atoms with van der Waals surface area (Å²) in [6, 6.07) is 0. The van der Waals surface area contributed by atoms with Crippen LogP contribution in [0.4, 0.5) is 0 Å². The highest BCUT2D eigenvalue weighted by Crippen LogP contribution is 2.13. The second-order valence-corrected chi connectivity index (χ2v) is 4.41. The number of likely N-dealkylation sites (tertiary alicyclic amines) is 1. The molecule has 1 saturated heterocycles. The molecule has 0 bridgehead atoms. The number of amides is 1. The molecule has 1 aliphatic heterocycles. The van der Waals surface area contributed by atoms with E-state index in [9.17, 15) is 4.79 Å². The first kappa shape index (κ1) is 9.52. The second-order valence-electron chi connectivity index (χ2n) is 2.65. The van der Waals surface area contributed by atoms with E-state index in [4.69, 9.17) is 0 Å². The molecule has 1 rings (SSSR count). The van der Waals surface area contributed by atoms with Crippen LogP contribution in [0.5, 0.6) is 0 Å². The van der Waals surface area contributed by atoms with E-state index < -0.39 is 0 Å². The van der Waals surface area contributed by atoms with Gasteiger partial charge in [-0.05, 0) is 12.8 Å². The number of carbonyl (C=O) groups is 1. The Labute approximate surface area is 83.6 Å². The molecule has 0 aromatic carbocycles. The molecule has 0 spiro atoms. The van der Waals surface area contributed by atoms with Gasteiger partial charge in [0.25, 0.3) is 0 Å². The third kappa shape index (κ3) is 2.44. The van der Waals surface area contributed by atoms with Crippen molar-refractivity contribution in [1.82, 2.24) is 4.90 Å². The Bertz CT molecular complexity index is 145. The molecule has 1 aliphatic rings. The highest BCUT2D eigenvalue weighted by molar-refractivity contribution is 9.12. The van der Waals surface area contributed by atoms with Crippen LogP contribution in [0.1, 0.15) is 12.8 Å². The molecule has 1 heterocycles. The molecule has 0 aliphatic carbocycles. The van der Waals surface area contributed by atoms with Gasteiger partial charge in [-0.2, -0.15) is 0 Å². The Morgan fingerprint density at radius 3 is 2.45 bits per heavy atom. The molecular formula is C7H11Br2NO. The van der Waals surface area contributed by atoms with Gasteiger partial charge in [0.05, 0.1) is 0 Å². The molecule has 1 fully saturated rings. The van der Waals surface area contributed by atoms with E-state index in [1.54, 1.807) is 0 Å². The third-order valence-electron chi connectivity index (χ3n) is 1.82. The maximum atomic E-state index is 11.4. The van der Waals surface area contributed by atoms with Gasteiger partial charge >= 0.3 is 0 Å². The van der Waals surface area contributed by atoms with E-state index in [2.05, 4.69) is 31.9 Å². The summed E-state index contributed by atoms with van der Waals surface area (Å²) >= 11 is 6.58. The Morgan fingerprint density at radius 1 is 1.45 bits per heavy atom. The van der Waals surface area contributed by atoms with E-state index >= 15 is 0 Å². The quantitative estimate of drug-likeness (QED) is 0.708. The summed E-state index contributed by atoms with van der Waals surface area (Å²) in [4.78, 5) is 13.3. The van der Waals surface area contributed by atoms with Crippen LogP contribution in [0.15, 0.2) is 0 Å². The molecule has 0 aromatic rings. The number of hydrogen-bond donors (Lipinski definition) is 0. The summed E-state index contributed by atoms with van der Waals surface area (Å²) < 4.78 is 0. The minimum Gasteiger partial charge on any atom is -0.342 e. The molecule has 64 valence electrons. The minimum absolute atomic E-state index is 0.0411. The van der Waals surface area contributed by atoms with E-state index in [-0.39, 0.29) is 10.7 Å². The fraction of sp³-hybridized carbons (Fsp3) is 0.857. The first-order chi connectivity index (χ1) is 5.25. The average Bonchev–Trinajstić information content (AvgIpc) is 2.53. The van der Waals surface area contributed by atoms with Gasteiger partial charge in [-0.15, -0.1) is 0 Å². The van der Waals surface area contributed by atoms with E-state index in [1.165, 1.54) is 0 Å². The molecule has 1 atom stereocenters. The van der Waals surface area contributed by atoms with Crippen LogP contribution in [-0.4, -0.2) is 34.1 Å². The van der Waals surface area contributed by atoms with Gasteiger partial charge in [-0.1, -0.05) is 31.9 Å². The summed E-state index contributed by atoms with van der Waals surface area (Å²) in [5.74, 6) is 0.222. The van der Waals surface area contributed by atoms with E-state index in [1.807, 2.05) is 4.90 Å². The monoisotopic (exact) mass is 283 g/mol. The predicted molar refractivity (Wildman–Crippen MR) is 52.3 cm³/mol. The molecule has 1 unspecified atom stereocenters. The van der Waals surface area contributed by atoms with Crippen LogP contribution < -0.4 is 0 Å². The predicted octanol–water partition coefficient (Wildman–Crippen LogP) is 1.77. The van der Waals surface area contributed by atoms with Gasteiger partial charge in [-0.25, -0.2) is 0 Å². The lowest BCUT2D eigenvalue weighted by atomic mass is 10.4. The zero-order valence-electron chi connectivity index (χ0n) is 6.22. The van der Waals surface area contributed by atoms with Gasteiger partial charge in [0, 0.05) is 18.4 Å². The lowest BCUT2D eigenvalue weighted by Crippen LogP contribution is -2.34. The molecule has 11 heavy (non-hydrogen) atoms. The lowest BCUT2D eigenvalue weighted by Gasteiger charge is -2.17. The van der Waals surface area contributed by atoms with Gasteiger partial charge < -0.3 is 4.90 Å². The van der Waals surface area contributed by atoms with E-state index in [0.29, 0.717) is 5.33 Å². The molecular weight excluding hydrogens is 274 g/mol. The zero-order valence-corrected chi connectivity index (χ0v) is 9.40. The first-order valence-electron chi connectivity index (χ1n) is 3.74. The number of carbonyl (C=O) groups excluding carboxylic acids is 1. The molecule has 1 amide bonds.